The van der Waals surface area contributed by atoms with Crippen molar-refractivity contribution in [3.8, 4) is 0 Å². The maximum atomic E-state index is 15.1. The molecule has 3 heterocycles. The highest BCUT2D eigenvalue weighted by Gasteiger charge is 2.41. The first-order valence-electron chi connectivity index (χ1n) is 14.3. The molecule has 4 rings (SSSR count). The van der Waals surface area contributed by atoms with Gasteiger partial charge in [0.2, 0.25) is 0 Å². The van der Waals surface area contributed by atoms with E-state index in [2.05, 4.69) is 63.7 Å². The number of carbonyl (C=O) groups excluding carboxylic acids is 1. The van der Waals surface area contributed by atoms with E-state index in [0.29, 0.717) is 36.9 Å². The zero-order valence-electron chi connectivity index (χ0n) is 24.8. The second kappa shape index (κ2) is 12.1. The van der Waals surface area contributed by atoms with Crippen LogP contribution in [0.4, 0.5) is 4.39 Å². The van der Waals surface area contributed by atoms with Gasteiger partial charge in [-0.2, -0.15) is 0 Å². The number of aromatic nitrogens is 1. The quantitative estimate of drug-likeness (QED) is 0.324. The summed E-state index contributed by atoms with van der Waals surface area (Å²) in [6, 6.07) is 7.88. The highest BCUT2D eigenvalue weighted by molar-refractivity contribution is 7.09. The molecule has 0 aliphatic carbocycles. The van der Waals surface area contributed by atoms with E-state index < -0.39 is 14.5 Å². The molecule has 2 aromatic rings. The first-order chi connectivity index (χ1) is 18.3. The van der Waals surface area contributed by atoms with Crippen molar-refractivity contribution in [1.29, 1.82) is 0 Å². The van der Waals surface area contributed by atoms with Crippen LogP contribution in [0.1, 0.15) is 86.2 Å². The molecule has 0 radical (unpaired) electrons. The molecule has 1 spiro atoms. The van der Waals surface area contributed by atoms with E-state index in [9.17, 15) is 4.79 Å². The standard InChI is InChI=1S/C30H46FN3O3SSi/c1-22(2)27-32-26(20-38-27)28(35)34-15-16-36-30(21-34)11-13-33(14-12-30)18-23-9-8-10-24(17-23)25(31)19-37-39(6,7)29(3,4)5/h8-10,17,20,22,25H,11-16,18-19,21H2,1-7H3. The minimum absolute atomic E-state index is 0.0124. The molecule has 1 amide bonds. The van der Waals surface area contributed by atoms with Crippen LogP contribution in [0.2, 0.25) is 18.1 Å². The number of amides is 1. The number of hydrogen-bond donors (Lipinski definition) is 0. The Labute approximate surface area is 239 Å². The number of nitrogens with zero attached hydrogens (tertiary/aromatic N) is 3. The van der Waals surface area contributed by atoms with Gasteiger partial charge < -0.3 is 14.1 Å². The maximum Gasteiger partial charge on any atom is 0.273 e. The highest BCUT2D eigenvalue weighted by atomic mass is 32.1. The van der Waals surface area contributed by atoms with Crippen LogP contribution in [0.3, 0.4) is 0 Å². The fourth-order valence-corrected chi connectivity index (χ4v) is 6.80. The Morgan fingerprint density at radius 1 is 1.23 bits per heavy atom. The Hall–Kier alpha value is -1.65. The number of ether oxygens (including phenoxy) is 1. The van der Waals surface area contributed by atoms with Crippen LogP contribution in [0.25, 0.3) is 0 Å². The molecule has 6 nitrogen and oxygen atoms in total. The van der Waals surface area contributed by atoms with Crippen molar-refractivity contribution in [1.82, 2.24) is 14.8 Å². The van der Waals surface area contributed by atoms with Gasteiger partial charge in [0, 0.05) is 37.5 Å². The molecule has 0 N–H and O–H groups in total. The van der Waals surface area contributed by atoms with E-state index in [1.54, 1.807) is 11.3 Å². The van der Waals surface area contributed by atoms with Crippen molar-refractivity contribution >= 4 is 25.6 Å². The fourth-order valence-electron chi connectivity index (χ4n) is 4.99. The zero-order chi connectivity index (χ0) is 28.4. The van der Waals surface area contributed by atoms with Crippen molar-refractivity contribution in [2.75, 3.05) is 39.4 Å². The van der Waals surface area contributed by atoms with Crippen molar-refractivity contribution in [3.63, 3.8) is 0 Å². The van der Waals surface area contributed by atoms with E-state index >= 15 is 4.39 Å². The molecule has 2 aliphatic heterocycles. The molecular formula is C30H46FN3O3SSi. The molecule has 2 fully saturated rings. The lowest BCUT2D eigenvalue weighted by Crippen LogP contribution is -2.58. The molecule has 0 saturated carbocycles. The van der Waals surface area contributed by atoms with Gasteiger partial charge >= 0.3 is 0 Å². The Balaban J connectivity index is 1.30. The summed E-state index contributed by atoms with van der Waals surface area (Å²) in [6.45, 7) is 19.5. The highest BCUT2D eigenvalue weighted by Crippen LogP contribution is 2.37. The summed E-state index contributed by atoms with van der Waals surface area (Å²) in [6.07, 6.45) is 0.616. The molecule has 1 unspecified atom stereocenters. The SMILES string of the molecule is CC(C)c1nc(C(=O)N2CCOC3(CCN(Cc4cccc(C(F)CO[Si](C)(C)C(C)(C)C)c4)CC3)C2)cs1. The minimum atomic E-state index is -1.99. The molecule has 0 bridgehead atoms. The summed E-state index contributed by atoms with van der Waals surface area (Å²) in [4.78, 5) is 22.1. The molecular weight excluding hydrogens is 529 g/mol. The number of hydrogen-bond acceptors (Lipinski definition) is 6. The second-order valence-corrected chi connectivity index (χ2v) is 18.7. The predicted molar refractivity (Wildman–Crippen MR) is 159 cm³/mol. The van der Waals surface area contributed by atoms with E-state index in [4.69, 9.17) is 9.16 Å². The van der Waals surface area contributed by atoms with Crippen LogP contribution >= 0.6 is 11.3 Å². The third-order valence-electron chi connectivity index (χ3n) is 8.65. The molecule has 216 valence electrons. The lowest BCUT2D eigenvalue weighted by atomic mass is 9.89. The minimum Gasteiger partial charge on any atom is -0.414 e. The van der Waals surface area contributed by atoms with Gasteiger partial charge in [0.15, 0.2) is 8.32 Å². The smallest absolute Gasteiger partial charge is 0.273 e. The number of morpholine rings is 1. The third-order valence-corrected chi connectivity index (χ3v) is 14.3. The number of benzene rings is 1. The summed E-state index contributed by atoms with van der Waals surface area (Å²) < 4.78 is 27.6. The van der Waals surface area contributed by atoms with Gasteiger partial charge in [-0.05, 0) is 42.1 Å². The van der Waals surface area contributed by atoms with Gasteiger partial charge in [-0.25, -0.2) is 9.37 Å². The number of likely N-dealkylation sites (tertiary alicyclic amines) is 1. The number of rotatable bonds is 8. The van der Waals surface area contributed by atoms with Gasteiger partial charge in [-0.3, -0.25) is 9.69 Å². The lowest BCUT2D eigenvalue weighted by molar-refractivity contribution is -0.128. The topological polar surface area (TPSA) is 54.9 Å². The molecule has 2 aliphatic rings. The van der Waals surface area contributed by atoms with Crippen LogP contribution in [0.5, 0.6) is 0 Å². The molecule has 39 heavy (non-hydrogen) atoms. The molecule has 2 saturated heterocycles. The van der Waals surface area contributed by atoms with E-state index in [1.165, 1.54) is 0 Å². The van der Waals surface area contributed by atoms with Crippen LogP contribution in [-0.4, -0.2) is 74.0 Å². The van der Waals surface area contributed by atoms with Crippen molar-refractivity contribution < 1.29 is 18.3 Å². The van der Waals surface area contributed by atoms with E-state index in [0.717, 1.165) is 43.0 Å². The van der Waals surface area contributed by atoms with Gasteiger partial charge in [0.1, 0.15) is 11.9 Å². The first-order valence-corrected chi connectivity index (χ1v) is 18.1. The van der Waals surface area contributed by atoms with Crippen molar-refractivity contribution in [2.45, 2.75) is 89.8 Å². The van der Waals surface area contributed by atoms with Crippen molar-refractivity contribution in [2.24, 2.45) is 0 Å². The summed E-state index contributed by atoms with van der Waals surface area (Å²) >= 11 is 1.56. The fraction of sp³-hybridized carbons (Fsp3) is 0.667. The van der Waals surface area contributed by atoms with Gasteiger partial charge in [0.05, 0.1) is 30.4 Å². The Morgan fingerprint density at radius 2 is 1.95 bits per heavy atom. The normalized spacial score (nSPS) is 19.6. The van der Waals surface area contributed by atoms with E-state index in [1.807, 2.05) is 28.5 Å². The summed E-state index contributed by atoms with van der Waals surface area (Å²) in [5.74, 6) is 0.336. The van der Waals surface area contributed by atoms with E-state index in [-0.39, 0.29) is 23.2 Å². The van der Waals surface area contributed by atoms with Gasteiger partial charge in [0.25, 0.3) is 5.91 Å². The number of carbonyl (C=O) groups is 1. The molecule has 9 heteroatoms. The monoisotopic (exact) mass is 575 g/mol. The number of halogens is 1. The maximum absolute atomic E-state index is 15.1. The Morgan fingerprint density at radius 3 is 2.59 bits per heavy atom. The Kier molecular flexibility index (Phi) is 9.38. The summed E-state index contributed by atoms with van der Waals surface area (Å²) in [5.41, 5.74) is 2.06. The summed E-state index contributed by atoms with van der Waals surface area (Å²) in [7, 11) is -1.99. The molecule has 1 atom stereocenters. The first kappa shape index (κ1) is 30.3. The van der Waals surface area contributed by atoms with Crippen molar-refractivity contribution in [3.05, 3.63) is 51.5 Å². The third kappa shape index (κ3) is 7.36. The average molecular weight is 576 g/mol. The lowest BCUT2D eigenvalue weighted by Gasteiger charge is -2.47. The van der Waals surface area contributed by atoms with Crippen LogP contribution in [0, 0.1) is 0 Å². The zero-order valence-corrected chi connectivity index (χ0v) is 26.6. The van der Waals surface area contributed by atoms with Crippen LogP contribution in [-0.2, 0) is 15.7 Å². The predicted octanol–water partition coefficient (Wildman–Crippen LogP) is 6.81. The number of thiazole rings is 1. The van der Waals surface area contributed by atoms with Crippen LogP contribution < -0.4 is 0 Å². The number of alkyl halides is 1. The Bertz CT molecular complexity index is 1120. The molecule has 1 aromatic heterocycles. The van der Waals surface area contributed by atoms with Gasteiger partial charge in [-0.15, -0.1) is 11.3 Å². The number of piperidine rings is 1. The molecule has 1 aromatic carbocycles. The van der Waals surface area contributed by atoms with Gasteiger partial charge in [-0.1, -0.05) is 58.9 Å². The summed E-state index contributed by atoms with van der Waals surface area (Å²) in [5, 5.41) is 2.95. The largest absolute Gasteiger partial charge is 0.414 e. The van der Waals surface area contributed by atoms with Crippen LogP contribution in [0.15, 0.2) is 29.6 Å². The second-order valence-electron chi connectivity index (χ2n) is 13.0. The average Bonchev–Trinajstić information content (AvgIpc) is 3.39.